The standard InChI is InChI=1S/C23H17FN2O2S/c1-2-10-26-11-9-14-12-20(29-22(14)16-8-7-15(24)13-18(16)26)21(27)23-25-17-5-3-4-6-19(17)28-23/h2-8,12-13H,1,9-11H2. The van der Waals surface area contributed by atoms with Crippen molar-refractivity contribution < 1.29 is 13.6 Å². The first-order valence-electron chi connectivity index (χ1n) is 9.33. The van der Waals surface area contributed by atoms with Gasteiger partial charge in [0.25, 0.3) is 11.7 Å². The van der Waals surface area contributed by atoms with Crippen LogP contribution in [0.15, 0.2) is 65.6 Å². The molecule has 0 atom stereocenters. The molecular weight excluding hydrogens is 387 g/mol. The first kappa shape index (κ1) is 17.8. The van der Waals surface area contributed by atoms with E-state index in [0.717, 1.165) is 34.7 Å². The number of benzene rings is 2. The summed E-state index contributed by atoms with van der Waals surface area (Å²) in [6.07, 6.45) is 2.58. The lowest BCUT2D eigenvalue weighted by molar-refractivity contribution is 0.101. The van der Waals surface area contributed by atoms with Crippen LogP contribution in [0.25, 0.3) is 21.5 Å². The van der Waals surface area contributed by atoms with Crippen LogP contribution in [-0.4, -0.2) is 23.9 Å². The van der Waals surface area contributed by atoms with E-state index in [2.05, 4.69) is 16.5 Å². The highest BCUT2D eigenvalue weighted by molar-refractivity contribution is 7.17. The Bertz CT molecular complexity index is 1220. The fraction of sp³-hybridized carbons (Fsp3) is 0.130. The number of fused-ring (bicyclic) bond motifs is 4. The van der Waals surface area contributed by atoms with E-state index in [1.165, 1.54) is 17.4 Å². The number of hydrogen-bond acceptors (Lipinski definition) is 5. The Kier molecular flexibility index (Phi) is 4.28. The van der Waals surface area contributed by atoms with Gasteiger partial charge in [-0.1, -0.05) is 18.2 Å². The zero-order valence-electron chi connectivity index (χ0n) is 15.5. The van der Waals surface area contributed by atoms with Gasteiger partial charge in [0.1, 0.15) is 11.3 Å². The van der Waals surface area contributed by atoms with E-state index in [1.54, 1.807) is 18.2 Å². The number of para-hydroxylation sites is 2. The van der Waals surface area contributed by atoms with Gasteiger partial charge in [0, 0.05) is 29.2 Å². The van der Waals surface area contributed by atoms with Crippen LogP contribution in [0.4, 0.5) is 10.1 Å². The van der Waals surface area contributed by atoms with Crippen molar-refractivity contribution in [2.75, 3.05) is 18.0 Å². The zero-order chi connectivity index (χ0) is 20.0. The van der Waals surface area contributed by atoms with Crippen molar-refractivity contribution in [3.63, 3.8) is 0 Å². The Balaban J connectivity index is 1.58. The zero-order valence-corrected chi connectivity index (χ0v) is 16.3. The molecule has 0 aliphatic carbocycles. The molecule has 4 nitrogen and oxygen atoms in total. The fourth-order valence-corrected chi connectivity index (χ4v) is 4.88. The van der Waals surface area contributed by atoms with E-state index in [4.69, 9.17) is 4.42 Å². The number of carbonyl (C=O) groups is 1. The van der Waals surface area contributed by atoms with Gasteiger partial charge < -0.3 is 9.32 Å². The number of halogens is 1. The third-order valence-corrected chi connectivity index (χ3v) is 6.28. The highest BCUT2D eigenvalue weighted by Gasteiger charge is 2.26. The fourth-order valence-electron chi connectivity index (χ4n) is 3.71. The summed E-state index contributed by atoms with van der Waals surface area (Å²) in [6.45, 7) is 5.18. The summed E-state index contributed by atoms with van der Waals surface area (Å²) >= 11 is 1.41. The van der Waals surface area contributed by atoms with E-state index in [0.29, 0.717) is 22.5 Å². The third-order valence-electron chi connectivity index (χ3n) is 5.07. The van der Waals surface area contributed by atoms with E-state index in [-0.39, 0.29) is 17.5 Å². The van der Waals surface area contributed by atoms with Crippen molar-refractivity contribution in [1.82, 2.24) is 4.98 Å². The number of hydrogen-bond donors (Lipinski definition) is 0. The predicted octanol–water partition coefficient (Wildman–Crippen LogP) is 5.47. The summed E-state index contributed by atoms with van der Waals surface area (Å²) in [5, 5.41) is 0. The van der Waals surface area contributed by atoms with Gasteiger partial charge >= 0.3 is 0 Å². The molecule has 5 rings (SSSR count). The molecule has 0 N–H and O–H groups in total. The maximum absolute atomic E-state index is 13.9. The third kappa shape index (κ3) is 3.06. The summed E-state index contributed by atoms with van der Waals surface area (Å²) in [7, 11) is 0. The van der Waals surface area contributed by atoms with E-state index < -0.39 is 0 Å². The van der Waals surface area contributed by atoms with E-state index in [1.807, 2.05) is 30.3 Å². The van der Waals surface area contributed by atoms with Gasteiger partial charge in [0.15, 0.2) is 5.58 Å². The molecular formula is C23H17FN2O2S. The number of ketones is 1. The second-order valence-electron chi connectivity index (χ2n) is 6.93. The molecule has 2 aromatic heterocycles. The highest BCUT2D eigenvalue weighted by Crippen LogP contribution is 2.42. The van der Waals surface area contributed by atoms with Gasteiger partial charge in [-0.15, -0.1) is 17.9 Å². The molecule has 0 saturated carbocycles. The van der Waals surface area contributed by atoms with E-state index in [9.17, 15) is 9.18 Å². The molecule has 1 aliphatic rings. The van der Waals surface area contributed by atoms with Crippen LogP contribution in [0, 0.1) is 5.82 Å². The van der Waals surface area contributed by atoms with Gasteiger partial charge in [-0.25, -0.2) is 9.37 Å². The molecule has 0 unspecified atom stereocenters. The maximum atomic E-state index is 13.9. The number of thiophene rings is 1. The lowest BCUT2D eigenvalue weighted by Gasteiger charge is -2.23. The van der Waals surface area contributed by atoms with Gasteiger partial charge in [-0.3, -0.25) is 4.79 Å². The first-order chi connectivity index (χ1) is 14.1. The topological polar surface area (TPSA) is 46.3 Å². The molecule has 144 valence electrons. The van der Waals surface area contributed by atoms with Gasteiger partial charge in [-0.05, 0) is 48.4 Å². The molecule has 29 heavy (non-hydrogen) atoms. The monoisotopic (exact) mass is 404 g/mol. The van der Waals surface area contributed by atoms with Crippen LogP contribution in [0.5, 0.6) is 0 Å². The number of nitrogens with zero attached hydrogens (tertiary/aromatic N) is 2. The first-order valence-corrected chi connectivity index (χ1v) is 10.1. The van der Waals surface area contributed by atoms with Crippen molar-refractivity contribution in [3.8, 4) is 10.4 Å². The normalized spacial score (nSPS) is 13.1. The minimum Gasteiger partial charge on any atom is -0.433 e. The Morgan fingerprint density at radius 2 is 2.14 bits per heavy atom. The van der Waals surface area contributed by atoms with Crippen LogP contribution in [0.2, 0.25) is 0 Å². The number of anilines is 1. The average Bonchev–Trinajstić information content (AvgIpc) is 3.32. The van der Waals surface area contributed by atoms with Gasteiger partial charge in [0.2, 0.25) is 0 Å². The lowest BCUT2D eigenvalue weighted by Crippen LogP contribution is -2.25. The van der Waals surface area contributed by atoms with Crippen LogP contribution in [0.1, 0.15) is 21.1 Å². The van der Waals surface area contributed by atoms with Crippen molar-refractivity contribution >= 4 is 33.9 Å². The van der Waals surface area contributed by atoms with Gasteiger partial charge in [0.05, 0.1) is 4.88 Å². The Morgan fingerprint density at radius 3 is 2.97 bits per heavy atom. The lowest BCUT2D eigenvalue weighted by atomic mass is 10.1. The van der Waals surface area contributed by atoms with Crippen molar-refractivity contribution in [3.05, 3.63) is 83.3 Å². The highest BCUT2D eigenvalue weighted by atomic mass is 32.1. The number of aromatic nitrogens is 1. The smallest absolute Gasteiger partial charge is 0.270 e. The number of oxazole rings is 1. The molecule has 0 fully saturated rings. The van der Waals surface area contributed by atoms with Crippen molar-refractivity contribution in [1.29, 1.82) is 0 Å². The quantitative estimate of drug-likeness (QED) is 0.334. The molecule has 0 radical (unpaired) electrons. The second kappa shape index (κ2) is 6.97. The molecule has 3 heterocycles. The van der Waals surface area contributed by atoms with Gasteiger partial charge in [-0.2, -0.15) is 0 Å². The van der Waals surface area contributed by atoms with Crippen LogP contribution >= 0.6 is 11.3 Å². The molecule has 0 amide bonds. The summed E-state index contributed by atoms with van der Waals surface area (Å²) in [5.41, 5.74) is 4.09. The van der Waals surface area contributed by atoms with Crippen LogP contribution in [0.3, 0.4) is 0 Å². The second-order valence-corrected chi connectivity index (χ2v) is 7.98. The average molecular weight is 404 g/mol. The minimum atomic E-state index is -0.277. The predicted molar refractivity (Wildman–Crippen MR) is 113 cm³/mol. The molecule has 4 aromatic rings. The summed E-state index contributed by atoms with van der Waals surface area (Å²) in [5.74, 6) is -0.415. The number of carbonyl (C=O) groups excluding carboxylic acids is 1. The Labute approximate surface area is 170 Å². The largest absolute Gasteiger partial charge is 0.433 e. The molecule has 2 aromatic carbocycles. The summed E-state index contributed by atoms with van der Waals surface area (Å²) < 4.78 is 19.6. The SMILES string of the molecule is C=CCN1CCc2cc(C(=O)c3nc4ccccc4o3)sc2-c2ccc(F)cc21. The molecule has 1 aliphatic heterocycles. The molecule has 6 heteroatoms. The maximum Gasteiger partial charge on any atom is 0.270 e. The molecule has 0 saturated heterocycles. The van der Waals surface area contributed by atoms with Crippen molar-refractivity contribution in [2.24, 2.45) is 0 Å². The number of rotatable bonds is 4. The van der Waals surface area contributed by atoms with E-state index >= 15 is 0 Å². The van der Waals surface area contributed by atoms with Crippen molar-refractivity contribution in [2.45, 2.75) is 6.42 Å². The molecule has 0 bridgehead atoms. The van der Waals surface area contributed by atoms with Crippen LogP contribution < -0.4 is 4.90 Å². The molecule has 0 spiro atoms. The Morgan fingerprint density at radius 1 is 1.28 bits per heavy atom. The summed E-state index contributed by atoms with van der Waals surface area (Å²) in [6, 6.07) is 14.0. The Hall–Kier alpha value is -3.25. The summed E-state index contributed by atoms with van der Waals surface area (Å²) in [4.78, 5) is 21.0. The minimum absolute atomic E-state index is 0.0928. The van der Waals surface area contributed by atoms with Crippen LogP contribution in [-0.2, 0) is 6.42 Å².